The number of nitrogens with one attached hydrogen (secondary N) is 1. The Labute approximate surface area is 110 Å². The highest BCUT2D eigenvalue weighted by Gasteiger charge is 2.34. The highest BCUT2D eigenvalue weighted by Crippen LogP contribution is 2.24. The van der Waals surface area contributed by atoms with Gasteiger partial charge in [0.25, 0.3) is 0 Å². The van der Waals surface area contributed by atoms with Crippen LogP contribution in [0.4, 0.5) is 5.88 Å². The quantitative estimate of drug-likeness (QED) is 0.805. The van der Waals surface area contributed by atoms with Crippen LogP contribution in [0.3, 0.4) is 0 Å². The van der Waals surface area contributed by atoms with Gasteiger partial charge in [-0.1, -0.05) is 0 Å². The van der Waals surface area contributed by atoms with Crippen molar-refractivity contribution in [1.29, 1.82) is 0 Å². The molecule has 1 atom stereocenters. The summed E-state index contributed by atoms with van der Waals surface area (Å²) in [5, 5.41) is 2.97. The number of carbonyl (C=O) groups excluding carboxylic acids is 2. The average Bonchev–Trinajstić information content (AvgIpc) is 3.12. The zero-order chi connectivity index (χ0) is 13.2. The summed E-state index contributed by atoms with van der Waals surface area (Å²) in [6, 6.07) is 3.25. The van der Waals surface area contributed by atoms with E-state index in [-0.39, 0.29) is 17.7 Å². The number of furan rings is 1. The fraction of sp³-hybridized carbons (Fsp3) is 0.538. The molecule has 1 aromatic rings. The monoisotopic (exact) mass is 264 g/mol. The topological polar surface area (TPSA) is 71.8 Å². The van der Waals surface area contributed by atoms with Crippen molar-refractivity contribution in [3.63, 3.8) is 0 Å². The van der Waals surface area contributed by atoms with Gasteiger partial charge in [0, 0.05) is 18.7 Å². The number of morpholine rings is 1. The molecule has 1 unspecified atom stereocenters. The van der Waals surface area contributed by atoms with E-state index in [0.717, 1.165) is 12.8 Å². The Morgan fingerprint density at radius 1 is 1.42 bits per heavy atom. The summed E-state index contributed by atoms with van der Waals surface area (Å²) >= 11 is 0. The fourth-order valence-corrected chi connectivity index (χ4v) is 2.17. The van der Waals surface area contributed by atoms with Crippen LogP contribution in [-0.4, -0.2) is 44.0 Å². The normalized spacial score (nSPS) is 23.2. The molecule has 0 aromatic carbocycles. The number of carbonyl (C=O) groups is 2. The van der Waals surface area contributed by atoms with E-state index < -0.39 is 0 Å². The average molecular weight is 264 g/mol. The van der Waals surface area contributed by atoms with Gasteiger partial charge in [0.05, 0.1) is 13.2 Å². The molecule has 19 heavy (non-hydrogen) atoms. The Kier molecular flexibility index (Phi) is 3.25. The van der Waals surface area contributed by atoms with Crippen molar-refractivity contribution in [2.24, 2.45) is 0 Å². The number of ether oxygens (including phenoxy) is 1. The molecule has 1 aliphatic carbocycles. The predicted octanol–water partition coefficient (Wildman–Crippen LogP) is 0.576. The van der Waals surface area contributed by atoms with E-state index in [1.165, 1.54) is 0 Å². The van der Waals surface area contributed by atoms with Gasteiger partial charge in [0.15, 0.2) is 17.9 Å². The molecule has 3 rings (SSSR count). The first-order chi connectivity index (χ1) is 9.28. The van der Waals surface area contributed by atoms with E-state index >= 15 is 0 Å². The number of aldehydes is 1. The van der Waals surface area contributed by atoms with Gasteiger partial charge in [-0.05, 0) is 18.9 Å². The number of rotatable bonds is 4. The molecule has 1 saturated carbocycles. The van der Waals surface area contributed by atoms with Crippen LogP contribution in [0.5, 0.6) is 0 Å². The molecule has 0 radical (unpaired) electrons. The van der Waals surface area contributed by atoms with Crippen LogP contribution in [-0.2, 0) is 9.53 Å². The molecule has 0 bridgehead atoms. The maximum absolute atomic E-state index is 12.2. The maximum atomic E-state index is 12.2. The molecule has 6 heteroatoms. The first-order valence-electron chi connectivity index (χ1n) is 6.47. The van der Waals surface area contributed by atoms with Gasteiger partial charge < -0.3 is 19.4 Å². The minimum atomic E-state index is -0.389. The second-order valence-electron chi connectivity index (χ2n) is 4.86. The summed E-state index contributed by atoms with van der Waals surface area (Å²) in [6.07, 6.45) is 2.76. The van der Waals surface area contributed by atoms with E-state index in [9.17, 15) is 9.59 Å². The van der Waals surface area contributed by atoms with E-state index in [1.807, 2.05) is 4.90 Å². The van der Waals surface area contributed by atoms with Gasteiger partial charge in [-0.2, -0.15) is 0 Å². The summed E-state index contributed by atoms with van der Waals surface area (Å²) in [5.74, 6) is 0.774. The minimum Gasteiger partial charge on any atom is -0.438 e. The van der Waals surface area contributed by atoms with Crippen molar-refractivity contribution in [3.8, 4) is 0 Å². The SMILES string of the molecule is O=Cc1ccc(N2CCOCC2C(=O)NC2CC2)o1. The molecule has 1 N–H and O–H groups in total. The zero-order valence-corrected chi connectivity index (χ0v) is 10.5. The van der Waals surface area contributed by atoms with Crippen molar-refractivity contribution >= 4 is 18.1 Å². The van der Waals surface area contributed by atoms with Gasteiger partial charge in [-0.3, -0.25) is 9.59 Å². The fourth-order valence-electron chi connectivity index (χ4n) is 2.17. The third-order valence-electron chi connectivity index (χ3n) is 3.37. The zero-order valence-electron chi connectivity index (χ0n) is 10.5. The maximum Gasteiger partial charge on any atom is 0.245 e. The largest absolute Gasteiger partial charge is 0.438 e. The molecule has 2 fully saturated rings. The van der Waals surface area contributed by atoms with Crippen LogP contribution in [0.15, 0.2) is 16.5 Å². The first kappa shape index (κ1) is 12.2. The van der Waals surface area contributed by atoms with Crippen LogP contribution in [0.2, 0.25) is 0 Å². The predicted molar refractivity (Wildman–Crippen MR) is 67.2 cm³/mol. The van der Waals surface area contributed by atoms with E-state index in [1.54, 1.807) is 12.1 Å². The van der Waals surface area contributed by atoms with Gasteiger partial charge in [0.1, 0.15) is 6.04 Å². The molecule has 2 aliphatic rings. The lowest BCUT2D eigenvalue weighted by molar-refractivity contribution is -0.124. The second-order valence-corrected chi connectivity index (χ2v) is 4.86. The number of hydrogen-bond acceptors (Lipinski definition) is 5. The van der Waals surface area contributed by atoms with Crippen molar-refractivity contribution < 1.29 is 18.7 Å². The summed E-state index contributed by atoms with van der Waals surface area (Å²) in [4.78, 5) is 24.7. The molecule has 1 saturated heterocycles. The summed E-state index contributed by atoms with van der Waals surface area (Å²) < 4.78 is 10.8. The molecule has 2 heterocycles. The number of nitrogens with zero attached hydrogens (tertiary/aromatic N) is 1. The van der Waals surface area contributed by atoms with Crippen molar-refractivity contribution in [2.45, 2.75) is 24.9 Å². The van der Waals surface area contributed by atoms with Crippen molar-refractivity contribution in [1.82, 2.24) is 5.32 Å². The van der Waals surface area contributed by atoms with Gasteiger partial charge in [0.2, 0.25) is 5.91 Å². The first-order valence-corrected chi connectivity index (χ1v) is 6.47. The smallest absolute Gasteiger partial charge is 0.245 e. The molecule has 1 aliphatic heterocycles. The highest BCUT2D eigenvalue weighted by atomic mass is 16.5. The molecular weight excluding hydrogens is 248 g/mol. The Morgan fingerprint density at radius 3 is 2.95 bits per heavy atom. The lowest BCUT2D eigenvalue weighted by atomic mass is 10.2. The molecule has 1 amide bonds. The van der Waals surface area contributed by atoms with Crippen molar-refractivity contribution in [3.05, 3.63) is 17.9 Å². The van der Waals surface area contributed by atoms with Crippen LogP contribution < -0.4 is 10.2 Å². The lowest BCUT2D eigenvalue weighted by Gasteiger charge is -2.34. The molecule has 0 spiro atoms. The van der Waals surface area contributed by atoms with Crippen LogP contribution in [0, 0.1) is 0 Å². The second kappa shape index (κ2) is 5.05. The standard InChI is InChI=1S/C13H16N2O4/c16-7-10-3-4-12(19-10)15-5-6-18-8-11(15)13(17)14-9-1-2-9/h3-4,7,9,11H,1-2,5-6,8H2,(H,14,17). The van der Waals surface area contributed by atoms with Gasteiger partial charge >= 0.3 is 0 Å². The van der Waals surface area contributed by atoms with Crippen LogP contribution >= 0.6 is 0 Å². The molecular formula is C13H16N2O4. The van der Waals surface area contributed by atoms with Gasteiger partial charge in [-0.25, -0.2) is 0 Å². The Morgan fingerprint density at radius 2 is 2.26 bits per heavy atom. The number of hydrogen-bond donors (Lipinski definition) is 1. The van der Waals surface area contributed by atoms with Crippen LogP contribution in [0.1, 0.15) is 23.4 Å². The molecule has 1 aromatic heterocycles. The molecule has 6 nitrogen and oxygen atoms in total. The summed E-state index contributed by atoms with van der Waals surface area (Å²) in [6.45, 7) is 1.47. The Balaban J connectivity index is 1.75. The number of amides is 1. The van der Waals surface area contributed by atoms with Gasteiger partial charge in [-0.15, -0.1) is 0 Å². The molecule has 102 valence electrons. The van der Waals surface area contributed by atoms with E-state index in [0.29, 0.717) is 38.0 Å². The lowest BCUT2D eigenvalue weighted by Crippen LogP contribution is -2.54. The third kappa shape index (κ3) is 2.63. The van der Waals surface area contributed by atoms with E-state index in [4.69, 9.17) is 9.15 Å². The van der Waals surface area contributed by atoms with Crippen molar-refractivity contribution in [2.75, 3.05) is 24.7 Å². The Hall–Kier alpha value is -1.82. The summed E-state index contributed by atoms with van der Waals surface area (Å²) in [7, 11) is 0. The Bertz CT molecular complexity index is 481. The van der Waals surface area contributed by atoms with Crippen LogP contribution in [0.25, 0.3) is 0 Å². The van der Waals surface area contributed by atoms with E-state index in [2.05, 4.69) is 5.32 Å². The highest BCUT2D eigenvalue weighted by molar-refractivity contribution is 5.86. The minimum absolute atomic E-state index is 0.0359. The third-order valence-corrected chi connectivity index (χ3v) is 3.37. The number of anilines is 1. The summed E-state index contributed by atoms with van der Waals surface area (Å²) in [5.41, 5.74) is 0.